The van der Waals surface area contributed by atoms with Gasteiger partial charge in [0.1, 0.15) is 0 Å². The van der Waals surface area contributed by atoms with Gasteiger partial charge in [-0.2, -0.15) is 0 Å². The predicted molar refractivity (Wildman–Crippen MR) is 83.6 cm³/mol. The fourth-order valence-corrected chi connectivity index (χ4v) is 2.37. The van der Waals surface area contributed by atoms with E-state index in [4.69, 9.17) is 23.2 Å². The van der Waals surface area contributed by atoms with E-state index < -0.39 is 0 Å². The molecule has 0 saturated carbocycles. The highest BCUT2D eigenvalue weighted by Gasteiger charge is 2.12. The Hall–Kier alpha value is -0.780. The number of hydrogen-bond acceptors (Lipinski definition) is 1. The number of rotatable bonds is 2. The Balaban J connectivity index is 2.25. The molecule has 2 aromatic carbocycles. The van der Waals surface area contributed by atoms with Crippen LogP contribution in [0.5, 0.6) is 0 Å². The molecule has 1 N–H and O–H groups in total. The van der Waals surface area contributed by atoms with Gasteiger partial charge in [0.25, 0.3) is 5.91 Å². The summed E-state index contributed by atoms with van der Waals surface area (Å²) in [5.41, 5.74) is 1.09. The maximum Gasteiger partial charge on any atom is 0.257 e. The molecule has 0 saturated heterocycles. The smallest absolute Gasteiger partial charge is 0.257 e. The Kier molecular flexibility index (Phi) is 4.48. The lowest BCUT2D eigenvalue weighted by Gasteiger charge is -2.07. The highest BCUT2D eigenvalue weighted by molar-refractivity contribution is 14.1. The van der Waals surface area contributed by atoms with Crippen molar-refractivity contribution in [2.75, 3.05) is 5.32 Å². The van der Waals surface area contributed by atoms with Crippen molar-refractivity contribution in [3.05, 3.63) is 61.6 Å². The van der Waals surface area contributed by atoms with Gasteiger partial charge in [-0.1, -0.05) is 35.3 Å². The van der Waals surface area contributed by atoms with Gasteiger partial charge in [-0.15, -0.1) is 0 Å². The van der Waals surface area contributed by atoms with Crippen molar-refractivity contribution >= 4 is 57.4 Å². The second-order valence-corrected chi connectivity index (χ2v) is 5.60. The zero-order valence-corrected chi connectivity index (χ0v) is 12.8. The van der Waals surface area contributed by atoms with Crippen LogP contribution in [-0.2, 0) is 0 Å². The summed E-state index contributed by atoms with van der Waals surface area (Å²) in [6.07, 6.45) is 0. The quantitative estimate of drug-likeness (QED) is 0.728. The zero-order valence-electron chi connectivity index (χ0n) is 9.08. The summed E-state index contributed by atoms with van der Waals surface area (Å²) in [5, 5.41) is 3.41. The molecule has 1 amide bonds. The molecule has 0 fully saturated rings. The molecule has 0 atom stereocenters. The predicted octanol–water partition coefficient (Wildman–Crippen LogP) is 4.85. The first-order valence-corrected chi connectivity index (χ1v) is 6.92. The van der Waals surface area contributed by atoms with Crippen molar-refractivity contribution in [3.63, 3.8) is 0 Å². The zero-order chi connectivity index (χ0) is 13.1. The lowest BCUT2D eigenvalue weighted by Crippen LogP contribution is -2.12. The Morgan fingerprint density at radius 2 is 1.83 bits per heavy atom. The third-order valence-corrected chi connectivity index (χ3v) is 3.77. The van der Waals surface area contributed by atoms with Crippen molar-refractivity contribution in [1.82, 2.24) is 0 Å². The van der Waals surface area contributed by atoms with Crippen LogP contribution in [0.4, 0.5) is 5.69 Å². The first-order chi connectivity index (χ1) is 8.58. The molecule has 0 aliphatic carbocycles. The number of carbonyl (C=O) groups excluding carboxylic acids is 1. The van der Waals surface area contributed by atoms with E-state index in [9.17, 15) is 4.79 Å². The van der Waals surface area contributed by atoms with Crippen molar-refractivity contribution in [2.24, 2.45) is 0 Å². The van der Waals surface area contributed by atoms with E-state index in [1.54, 1.807) is 18.2 Å². The number of anilines is 1. The molecule has 2 rings (SSSR count). The summed E-state index contributed by atoms with van der Waals surface area (Å²) >= 11 is 14.0. The van der Waals surface area contributed by atoms with E-state index in [2.05, 4.69) is 27.9 Å². The molecule has 0 heterocycles. The molecule has 2 nitrogen and oxygen atoms in total. The molecular formula is C13H8Cl2INO. The van der Waals surface area contributed by atoms with Crippen LogP contribution in [0.25, 0.3) is 0 Å². The lowest BCUT2D eigenvalue weighted by molar-refractivity contribution is 0.102. The number of halogens is 3. The third kappa shape index (κ3) is 3.16. The van der Waals surface area contributed by atoms with Crippen molar-refractivity contribution < 1.29 is 4.79 Å². The summed E-state index contributed by atoms with van der Waals surface area (Å²) < 4.78 is 1.04. The largest absolute Gasteiger partial charge is 0.322 e. The first-order valence-electron chi connectivity index (χ1n) is 5.09. The molecule has 0 aromatic heterocycles. The highest BCUT2D eigenvalue weighted by Crippen LogP contribution is 2.26. The monoisotopic (exact) mass is 391 g/mol. The molecule has 18 heavy (non-hydrogen) atoms. The van der Waals surface area contributed by atoms with Crippen LogP contribution in [0, 0.1) is 3.57 Å². The molecule has 0 bridgehead atoms. The van der Waals surface area contributed by atoms with Crippen LogP contribution in [0.1, 0.15) is 10.4 Å². The van der Waals surface area contributed by atoms with Gasteiger partial charge >= 0.3 is 0 Å². The van der Waals surface area contributed by atoms with E-state index in [1.165, 1.54) is 0 Å². The van der Waals surface area contributed by atoms with E-state index in [-0.39, 0.29) is 10.9 Å². The first kappa shape index (κ1) is 13.6. The molecule has 0 aliphatic heterocycles. The van der Waals surface area contributed by atoms with Gasteiger partial charge in [-0.05, 0) is 52.9 Å². The SMILES string of the molecule is O=C(Nc1cccc(I)c1)c1cccc(Cl)c1Cl. The van der Waals surface area contributed by atoms with Crippen LogP contribution in [0.2, 0.25) is 10.0 Å². The van der Waals surface area contributed by atoms with E-state index >= 15 is 0 Å². The van der Waals surface area contributed by atoms with Gasteiger partial charge in [-0.25, -0.2) is 0 Å². The standard InChI is InChI=1S/C13H8Cl2INO/c14-11-6-2-5-10(12(11)15)13(18)17-9-4-1-3-8(16)7-9/h1-7H,(H,17,18). The van der Waals surface area contributed by atoms with Crippen LogP contribution in [0.15, 0.2) is 42.5 Å². The summed E-state index contributed by atoms with van der Waals surface area (Å²) in [7, 11) is 0. The summed E-state index contributed by atoms with van der Waals surface area (Å²) in [4.78, 5) is 12.0. The highest BCUT2D eigenvalue weighted by atomic mass is 127. The van der Waals surface area contributed by atoms with Gasteiger partial charge in [0, 0.05) is 9.26 Å². The fraction of sp³-hybridized carbons (Fsp3) is 0. The number of amides is 1. The summed E-state index contributed by atoms with van der Waals surface area (Å²) in [6.45, 7) is 0. The van der Waals surface area contributed by atoms with E-state index in [0.29, 0.717) is 10.6 Å². The second-order valence-electron chi connectivity index (χ2n) is 3.57. The van der Waals surface area contributed by atoms with Crippen LogP contribution >= 0.6 is 45.8 Å². The molecular weight excluding hydrogens is 384 g/mol. The molecule has 0 unspecified atom stereocenters. The average molecular weight is 392 g/mol. The van der Waals surface area contributed by atoms with Gasteiger partial charge in [-0.3, -0.25) is 4.79 Å². The second kappa shape index (κ2) is 5.91. The van der Waals surface area contributed by atoms with Gasteiger partial charge in [0.2, 0.25) is 0 Å². The Labute approximate surface area is 128 Å². The Morgan fingerprint density at radius 3 is 2.56 bits per heavy atom. The van der Waals surface area contributed by atoms with E-state index in [1.807, 2.05) is 24.3 Å². The molecule has 5 heteroatoms. The maximum atomic E-state index is 12.0. The minimum atomic E-state index is -0.274. The van der Waals surface area contributed by atoms with Crippen LogP contribution < -0.4 is 5.32 Å². The van der Waals surface area contributed by atoms with E-state index in [0.717, 1.165) is 9.26 Å². The molecule has 92 valence electrons. The molecule has 2 aromatic rings. The minimum Gasteiger partial charge on any atom is -0.322 e. The van der Waals surface area contributed by atoms with Crippen LogP contribution in [0.3, 0.4) is 0 Å². The van der Waals surface area contributed by atoms with Gasteiger partial charge in [0.05, 0.1) is 15.6 Å². The fourth-order valence-electron chi connectivity index (χ4n) is 1.44. The number of benzene rings is 2. The summed E-state index contributed by atoms with van der Waals surface area (Å²) in [6, 6.07) is 12.5. The third-order valence-electron chi connectivity index (χ3n) is 2.28. The number of hydrogen-bond donors (Lipinski definition) is 1. The topological polar surface area (TPSA) is 29.1 Å². The maximum absolute atomic E-state index is 12.0. The van der Waals surface area contributed by atoms with Crippen LogP contribution in [-0.4, -0.2) is 5.91 Å². The van der Waals surface area contributed by atoms with Crippen molar-refractivity contribution in [2.45, 2.75) is 0 Å². The van der Waals surface area contributed by atoms with Gasteiger partial charge in [0.15, 0.2) is 0 Å². The number of nitrogens with one attached hydrogen (secondary N) is 1. The minimum absolute atomic E-state index is 0.266. The Morgan fingerprint density at radius 1 is 1.11 bits per heavy atom. The molecule has 0 spiro atoms. The number of carbonyl (C=O) groups is 1. The molecule has 0 aliphatic rings. The average Bonchev–Trinajstić information content (AvgIpc) is 2.32. The lowest BCUT2D eigenvalue weighted by atomic mass is 10.2. The van der Waals surface area contributed by atoms with Gasteiger partial charge < -0.3 is 5.32 Å². The normalized spacial score (nSPS) is 10.2. The van der Waals surface area contributed by atoms with Crippen molar-refractivity contribution in [1.29, 1.82) is 0 Å². The Bertz CT molecular complexity index is 601. The van der Waals surface area contributed by atoms with Crippen molar-refractivity contribution in [3.8, 4) is 0 Å². The molecule has 0 radical (unpaired) electrons. The summed E-state index contributed by atoms with van der Waals surface area (Å²) in [5.74, 6) is -0.274.